The largest absolute Gasteiger partial charge is 0.490 e. The minimum atomic E-state index is 0.632. The molecule has 1 aliphatic heterocycles. The Morgan fingerprint density at radius 1 is 1.00 bits per heavy atom. The molecule has 116 valence electrons. The molecular weight excluding hydrogens is 264 g/mol. The fourth-order valence-electron chi connectivity index (χ4n) is 2.47. The summed E-state index contributed by atoms with van der Waals surface area (Å²) in [5.74, 6) is 1.59. The second-order valence-corrected chi connectivity index (χ2v) is 5.18. The van der Waals surface area contributed by atoms with Gasteiger partial charge in [0.15, 0.2) is 11.5 Å². The summed E-state index contributed by atoms with van der Waals surface area (Å²) < 4.78 is 11.2. The highest BCUT2D eigenvalue weighted by atomic mass is 16.5. The summed E-state index contributed by atoms with van der Waals surface area (Å²) in [5, 5.41) is 6.77. The first-order valence-electron chi connectivity index (χ1n) is 8.02. The molecule has 0 N–H and O–H groups in total. The topological polar surface area (TPSA) is 34.1 Å². The summed E-state index contributed by atoms with van der Waals surface area (Å²) in [6.45, 7) is 7.35. The molecule has 0 bridgehead atoms. The fourth-order valence-corrected chi connectivity index (χ4v) is 2.47. The summed E-state index contributed by atoms with van der Waals surface area (Å²) in [6, 6.07) is 5.98. The average Bonchev–Trinajstić information content (AvgIpc) is 2.76. The monoisotopic (exact) mass is 290 g/mol. The van der Waals surface area contributed by atoms with Gasteiger partial charge in [0.25, 0.3) is 0 Å². The van der Waals surface area contributed by atoms with Crippen molar-refractivity contribution < 1.29 is 9.47 Å². The van der Waals surface area contributed by atoms with Gasteiger partial charge in [-0.15, -0.1) is 0 Å². The predicted octanol–water partition coefficient (Wildman–Crippen LogP) is 3.69. The van der Waals surface area contributed by atoms with E-state index in [0.717, 1.165) is 30.2 Å². The van der Waals surface area contributed by atoms with Crippen LogP contribution in [0.15, 0.2) is 23.3 Å². The number of nitrogens with zero attached hydrogens (tertiary/aromatic N) is 2. The van der Waals surface area contributed by atoms with E-state index < -0.39 is 0 Å². The summed E-state index contributed by atoms with van der Waals surface area (Å²) in [5.41, 5.74) is 1.05. The Kier molecular flexibility index (Phi) is 6.38. The zero-order valence-corrected chi connectivity index (χ0v) is 13.2. The first-order chi connectivity index (χ1) is 10.3. The first kappa shape index (κ1) is 15.7. The third-order valence-electron chi connectivity index (χ3n) is 3.52. The van der Waals surface area contributed by atoms with E-state index in [1.165, 1.54) is 25.7 Å². The maximum absolute atomic E-state index is 5.64. The quantitative estimate of drug-likeness (QED) is 0.749. The van der Waals surface area contributed by atoms with Gasteiger partial charge in [0, 0.05) is 13.1 Å². The highest BCUT2D eigenvalue weighted by molar-refractivity contribution is 5.80. The molecule has 1 aromatic rings. The van der Waals surface area contributed by atoms with Gasteiger partial charge in [-0.05, 0) is 50.5 Å². The van der Waals surface area contributed by atoms with Crippen molar-refractivity contribution in [2.24, 2.45) is 5.10 Å². The van der Waals surface area contributed by atoms with Crippen LogP contribution < -0.4 is 9.47 Å². The molecular formula is C17H26N2O2. The van der Waals surface area contributed by atoms with Crippen LogP contribution in [0.4, 0.5) is 0 Å². The molecule has 0 saturated carbocycles. The predicted molar refractivity (Wildman–Crippen MR) is 86.4 cm³/mol. The Balaban J connectivity index is 2.06. The number of hydrogen-bond donors (Lipinski definition) is 0. The SMILES string of the molecule is CCOc1ccc(/C=N\N2CCCCCC2)cc1OCC. The van der Waals surface area contributed by atoms with Crippen LogP contribution in [0.3, 0.4) is 0 Å². The van der Waals surface area contributed by atoms with Gasteiger partial charge in [-0.25, -0.2) is 0 Å². The van der Waals surface area contributed by atoms with Crippen molar-refractivity contribution in [3.63, 3.8) is 0 Å². The highest BCUT2D eigenvalue weighted by Gasteiger charge is 2.07. The van der Waals surface area contributed by atoms with Crippen LogP contribution in [0, 0.1) is 0 Å². The normalized spacial score (nSPS) is 16.0. The molecule has 1 saturated heterocycles. The maximum Gasteiger partial charge on any atom is 0.161 e. The van der Waals surface area contributed by atoms with Gasteiger partial charge in [0.05, 0.1) is 19.4 Å². The Labute approximate surface area is 127 Å². The molecule has 1 heterocycles. The molecule has 1 aromatic carbocycles. The molecule has 1 aliphatic rings. The van der Waals surface area contributed by atoms with E-state index >= 15 is 0 Å². The molecule has 0 radical (unpaired) electrons. The van der Waals surface area contributed by atoms with Crippen molar-refractivity contribution in [3.05, 3.63) is 23.8 Å². The van der Waals surface area contributed by atoms with Crippen molar-refractivity contribution in [2.45, 2.75) is 39.5 Å². The Morgan fingerprint density at radius 3 is 2.33 bits per heavy atom. The van der Waals surface area contributed by atoms with Crippen LogP contribution in [0.2, 0.25) is 0 Å². The summed E-state index contributed by atoms with van der Waals surface area (Å²) in [6.07, 6.45) is 7.05. The number of hydrogen-bond acceptors (Lipinski definition) is 4. The molecule has 0 aromatic heterocycles. The van der Waals surface area contributed by atoms with E-state index in [1.54, 1.807) is 0 Å². The zero-order chi connectivity index (χ0) is 14.9. The molecule has 1 fully saturated rings. The molecule has 0 spiro atoms. The van der Waals surface area contributed by atoms with E-state index in [0.29, 0.717) is 13.2 Å². The van der Waals surface area contributed by atoms with E-state index in [4.69, 9.17) is 9.47 Å². The van der Waals surface area contributed by atoms with Crippen molar-refractivity contribution >= 4 is 6.21 Å². The van der Waals surface area contributed by atoms with E-state index in [1.807, 2.05) is 38.3 Å². The van der Waals surface area contributed by atoms with Crippen molar-refractivity contribution in [2.75, 3.05) is 26.3 Å². The van der Waals surface area contributed by atoms with Crippen molar-refractivity contribution in [3.8, 4) is 11.5 Å². The van der Waals surface area contributed by atoms with Gasteiger partial charge in [0.1, 0.15) is 0 Å². The van der Waals surface area contributed by atoms with E-state index in [2.05, 4.69) is 10.1 Å². The highest BCUT2D eigenvalue weighted by Crippen LogP contribution is 2.28. The Bertz CT molecular complexity index is 452. The van der Waals surface area contributed by atoms with Crippen molar-refractivity contribution in [1.29, 1.82) is 0 Å². The molecule has 21 heavy (non-hydrogen) atoms. The second-order valence-electron chi connectivity index (χ2n) is 5.18. The summed E-state index contributed by atoms with van der Waals surface area (Å²) in [4.78, 5) is 0. The number of rotatable bonds is 6. The third kappa shape index (κ3) is 4.96. The molecule has 0 atom stereocenters. The lowest BCUT2D eigenvalue weighted by molar-refractivity contribution is 0.287. The molecule has 0 amide bonds. The van der Waals surface area contributed by atoms with Crippen LogP contribution in [0.25, 0.3) is 0 Å². The van der Waals surface area contributed by atoms with Gasteiger partial charge in [-0.2, -0.15) is 5.10 Å². The minimum absolute atomic E-state index is 0.632. The molecule has 0 unspecified atom stereocenters. The lowest BCUT2D eigenvalue weighted by atomic mass is 10.2. The average molecular weight is 290 g/mol. The molecule has 0 aliphatic carbocycles. The third-order valence-corrected chi connectivity index (χ3v) is 3.52. The molecule has 4 nitrogen and oxygen atoms in total. The van der Waals surface area contributed by atoms with Crippen LogP contribution in [-0.2, 0) is 0 Å². The van der Waals surface area contributed by atoms with Crippen LogP contribution in [0.5, 0.6) is 11.5 Å². The Morgan fingerprint density at radius 2 is 1.67 bits per heavy atom. The number of hydrazone groups is 1. The maximum atomic E-state index is 5.64. The minimum Gasteiger partial charge on any atom is -0.490 e. The molecule has 2 rings (SSSR count). The second kappa shape index (κ2) is 8.55. The van der Waals surface area contributed by atoms with Crippen LogP contribution in [-0.4, -0.2) is 37.5 Å². The lowest BCUT2D eigenvalue weighted by Gasteiger charge is -2.15. The summed E-state index contributed by atoms with van der Waals surface area (Å²) >= 11 is 0. The smallest absolute Gasteiger partial charge is 0.161 e. The fraction of sp³-hybridized carbons (Fsp3) is 0.588. The number of benzene rings is 1. The number of ether oxygens (including phenoxy) is 2. The van der Waals surface area contributed by atoms with E-state index in [-0.39, 0.29) is 0 Å². The van der Waals surface area contributed by atoms with Gasteiger partial charge >= 0.3 is 0 Å². The zero-order valence-electron chi connectivity index (χ0n) is 13.2. The van der Waals surface area contributed by atoms with Gasteiger partial charge in [0.2, 0.25) is 0 Å². The van der Waals surface area contributed by atoms with Gasteiger partial charge < -0.3 is 9.47 Å². The molecule has 4 heteroatoms. The lowest BCUT2D eigenvalue weighted by Crippen LogP contribution is -2.18. The van der Waals surface area contributed by atoms with Crippen LogP contribution in [0.1, 0.15) is 45.1 Å². The van der Waals surface area contributed by atoms with Crippen LogP contribution >= 0.6 is 0 Å². The van der Waals surface area contributed by atoms with Crippen molar-refractivity contribution in [1.82, 2.24) is 5.01 Å². The van der Waals surface area contributed by atoms with Gasteiger partial charge in [-0.1, -0.05) is 12.8 Å². The van der Waals surface area contributed by atoms with E-state index in [9.17, 15) is 0 Å². The van der Waals surface area contributed by atoms with Gasteiger partial charge in [-0.3, -0.25) is 5.01 Å². The Hall–Kier alpha value is -1.71. The summed E-state index contributed by atoms with van der Waals surface area (Å²) in [7, 11) is 0. The first-order valence-corrected chi connectivity index (χ1v) is 8.02. The standard InChI is InChI=1S/C17H26N2O2/c1-3-20-16-10-9-15(13-17(16)21-4-2)14-18-19-11-7-5-6-8-12-19/h9-10,13-14H,3-8,11-12H2,1-2H3/b18-14-.